The molecule has 0 atom stereocenters. The van der Waals surface area contributed by atoms with E-state index in [-0.39, 0.29) is 17.7 Å². The molecule has 5 heteroatoms. The largest absolute Gasteiger partial charge is 0.454 e. The van der Waals surface area contributed by atoms with Crippen LogP contribution in [-0.4, -0.2) is 6.85 Å². The predicted molar refractivity (Wildman–Crippen MR) is 242 cm³/mol. The fourth-order valence-electron chi connectivity index (χ4n) is 9.34. The van der Waals surface area contributed by atoms with Gasteiger partial charge in [-0.1, -0.05) is 120 Å². The standard InChI is InChI=1S/C51H43BN2OS/c1-30-16-21-34(22-17-30)54-41-26-27-44-46(36-13-9-11-15-43(36)56-44)45(41)38-29-37-35-12-8-10-14-42(35)55-49(37)48-47(38)52(54)39-28-32(51(5,6)7)20-25-40(39)53(48)33-23-18-31(19-24-33)50(2,3)4/h8-29H,1-7H3. The van der Waals surface area contributed by atoms with Crippen molar-refractivity contribution in [1.29, 1.82) is 0 Å². The van der Waals surface area contributed by atoms with Gasteiger partial charge in [-0.15, -0.1) is 11.3 Å². The second-order valence-corrected chi connectivity index (χ2v) is 18.9. The van der Waals surface area contributed by atoms with Gasteiger partial charge in [-0.3, -0.25) is 0 Å². The second-order valence-electron chi connectivity index (χ2n) is 17.9. The molecule has 0 bridgehead atoms. The topological polar surface area (TPSA) is 19.6 Å². The van der Waals surface area contributed by atoms with Gasteiger partial charge in [0.25, 0.3) is 0 Å². The van der Waals surface area contributed by atoms with Crippen molar-refractivity contribution in [3.63, 3.8) is 0 Å². The number of thiophene rings is 1. The third-order valence-electron chi connectivity index (χ3n) is 12.2. The third kappa shape index (κ3) is 4.77. The summed E-state index contributed by atoms with van der Waals surface area (Å²) in [6, 6.07) is 50.3. The Balaban J connectivity index is 1.35. The Hall–Kier alpha value is -5.78. The van der Waals surface area contributed by atoms with Crippen molar-refractivity contribution in [2.45, 2.75) is 59.3 Å². The van der Waals surface area contributed by atoms with Crippen LogP contribution in [0.25, 0.3) is 53.2 Å². The summed E-state index contributed by atoms with van der Waals surface area (Å²) in [5.74, 6) is 0. The van der Waals surface area contributed by atoms with Crippen LogP contribution in [0.4, 0.5) is 28.4 Å². The van der Waals surface area contributed by atoms with E-state index in [0.29, 0.717) is 0 Å². The summed E-state index contributed by atoms with van der Waals surface area (Å²) in [5, 5.41) is 4.91. The molecule has 272 valence electrons. The Labute approximate surface area is 332 Å². The van der Waals surface area contributed by atoms with Gasteiger partial charge in [0.05, 0.1) is 5.69 Å². The van der Waals surface area contributed by atoms with Gasteiger partial charge in [0, 0.05) is 59.3 Å². The van der Waals surface area contributed by atoms with Gasteiger partial charge >= 0.3 is 6.85 Å². The molecule has 0 unspecified atom stereocenters. The summed E-state index contributed by atoms with van der Waals surface area (Å²) in [7, 11) is 0. The number of nitrogens with zero attached hydrogens (tertiary/aromatic N) is 2. The number of hydrogen-bond acceptors (Lipinski definition) is 4. The number of fused-ring (bicyclic) bond motifs is 12. The Morgan fingerprint density at radius 2 is 1.25 bits per heavy atom. The van der Waals surface area contributed by atoms with Gasteiger partial charge in [-0.2, -0.15) is 0 Å². The van der Waals surface area contributed by atoms with E-state index >= 15 is 0 Å². The molecule has 11 rings (SSSR count). The van der Waals surface area contributed by atoms with E-state index in [4.69, 9.17) is 4.42 Å². The highest BCUT2D eigenvalue weighted by Gasteiger charge is 2.47. The highest BCUT2D eigenvalue weighted by molar-refractivity contribution is 7.26. The van der Waals surface area contributed by atoms with Gasteiger partial charge in [-0.05, 0) is 106 Å². The zero-order valence-corrected chi connectivity index (χ0v) is 33.8. The number of para-hydroxylation sites is 1. The van der Waals surface area contributed by atoms with Crippen molar-refractivity contribution in [2.24, 2.45) is 0 Å². The first kappa shape index (κ1) is 33.6. The molecule has 7 aromatic carbocycles. The summed E-state index contributed by atoms with van der Waals surface area (Å²) in [6.45, 7) is 15.9. The van der Waals surface area contributed by atoms with Gasteiger partial charge in [0.15, 0.2) is 5.58 Å². The molecule has 0 N–H and O–H groups in total. The lowest BCUT2D eigenvalue weighted by molar-refractivity contribution is 0.590. The first-order valence-corrected chi connectivity index (χ1v) is 20.6. The summed E-state index contributed by atoms with van der Waals surface area (Å²) in [4.78, 5) is 5.14. The van der Waals surface area contributed by atoms with Crippen LogP contribution in [0.5, 0.6) is 0 Å². The van der Waals surface area contributed by atoms with E-state index in [1.807, 2.05) is 11.3 Å². The van der Waals surface area contributed by atoms with Crippen LogP contribution in [0.1, 0.15) is 58.2 Å². The maximum absolute atomic E-state index is 7.07. The molecule has 0 spiro atoms. The van der Waals surface area contributed by atoms with Gasteiger partial charge in [0.2, 0.25) is 0 Å². The van der Waals surface area contributed by atoms with Crippen molar-refractivity contribution in [1.82, 2.24) is 0 Å². The normalized spacial score (nSPS) is 13.9. The molecule has 0 saturated heterocycles. The highest BCUT2D eigenvalue weighted by Crippen LogP contribution is 2.54. The molecule has 4 heterocycles. The molecule has 0 radical (unpaired) electrons. The second kappa shape index (κ2) is 11.6. The zero-order valence-electron chi connectivity index (χ0n) is 33.0. The smallest absolute Gasteiger partial charge is 0.333 e. The molecule has 3 nitrogen and oxygen atoms in total. The van der Waals surface area contributed by atoms with Crippen LogP contribution in [-0.2, 0) is 10.8 Å². The number of benzene rings is 7. The maximum atomic E-state index is 7.07. The Morgan fingerprint density at radius 1 is 0.589 bits per heavy atom. The van der Waals surface area contributed by atoms with Crippen LogP contribution >= 0.6 is 11.3 Å². The molecular weight excluding hydrogens is 699 g/mol. The van der Waals surface area contributed by atoms with E-state index in [1.165, 1.54) is 76.0 Å². The molecule has 0 saturated carbocycles. The monoisotopic (exact) mass is 742 g/mol. The zero-order chi connectivity index (χ0) is 38.2. The molecule has 0 aliphatic carbocycles. The number of hydrogen-bond donors (Lipinski definition) is 0. The first-order chi connectivity index (χ1) is 27.0. The SMILES string of the molecule is Cc1ccc(N2B3c4cc(C(C)(C)C)ccc4N(c4ccc(C(C)(C)C)cc4)c4c3c(cc3c4oc4ccccc43)-c3c2ccc2sc4ccccc4c32)cc1. The van der Waals surface area contributed by atoms with E-state index in [0.717, 1.165) is 33.3 Å². The minimum atomic E-state index is -0.113. The molecule has 0 fully saturated rings. The van der Waals surface area contributed by atoms with Crippen LogP contribution in [0.15, 0.2) is 138 Å². The van der Waals surface area contributed by atoms with Crippen molar-refractivity contribution >= 4 is 99.7 Å². The third-order valence-corrected chi connectivity index (χ3v) is 13.4. The van der Waals surface area contributed by atoms with Crippen LogP contribution < -0.4 is 20.6 Å². The average Bonchev–Trinajstić information content (AvgIpc) is 3.76. The van der Waals surface area contributed by atoms with E-state index in [9.17, 15) is 0 Å². The lowest BCUT2D eigenvalue weighted by Crippen LogP contribution is -2.61. The van der Waals surface area contributed by atoms with Crippen molar-refractivity contribution in [2.75, 3.05) is 9.71 Å². The molecule has 2 aliphatic heterocycles. The van der Waals surface area contributed by atoms with Crippen molar-refractivity contribution < 1.29 is 4.42 Å². The van der Waals surface area contributed by atoms with E-state index < -0.39 is 0 Å². The van der Waals surface area contributed by atoms with Gasteiger partial charge in [0.1, 0.15) is 5.58 Å². The summed E-state index contributed by atoms with van der Waals surface area (Å²) >= 11 is 1.89. The Bertz CT molecular complexity index is 3070. The molecule has 2 aliphatic rings. The Morgan fingerprint density at radius 3 is 2.00 bits per heavy atom. The fourth-order valence-corrected chi connectivity index (χ4v) is 10.5. The number of furan rings is 1. The molecule has 9 aromatic rings. The molecule has 56 heavy (non-hydrogen) atoms. The number of anilines is 5. The molecule has 0 amide bonds. The van der Waals surface area contributed by atoms with Crippen LogP contribution in [0.3, 0.4) is 0 Å². The maximum Gasteiger partial charge on any atom is 0.333 e. The molecule has 2 aromatic heterocycles. The lowest BCUT2D eigenvalue weighted by atomic mass is 9.43. The highest BCUT2D eigenvalue weighted by atomic mass is 32.1. The predicted octanol–water partition coefficient (Wildman–Crippen LogP) is 13.6. The Kier molecular flexibility index (Phi) is 6.97. The average molecular weight is 743 g/mol. The minimum absolute atomic E-state index is 0.0376. The summed E-state index contributed by atoms with van der Waals surface area (Å²) in [5.41, 5.74) is 16.7. The quantitative estimate of drug-likeness (QED) is 0.164. The first-order valence-electron chi connectivity index (χ1n) is 19.8. The van der Waals surface area contributed by atoms with E-state index in [2.05, 4.69) is 192 Å². The van der Waals surface area contributed by atoms with Crippen molar-refractivity contribution in [3.05, 3.63) is 150 Å². The lowest BCUT2D eigenvalue weighted by Gasteiger charge is -2.46. The minimum Gasteiger partial charge on any atom is -0.454 e. The van der Waals surface area contributed by atoms with Gasteiger partial charge in [-0.25, -0.2) is 0 Å². The van der Waals surface area contributed by atoms with Crippen LogP contribution in [0.2, 0.25) is 0 Å². The number of rotatable bonds is 2. The number of aryl methyl sites for hydroxylation is 1. The van der Waals surface area contributed by atoms with Crippen molar-refractivity contribution in [3.8, 4) is 11.1 Å². The fraction of sp³-hybridized carbons (Fsp3) is 0.176. The van der Waals surface area contributed by atoms with Gasteiger partial charge < -0.3 is 14.1 Å². The van der Waals surface area contributed by atoms with E-state index in [1.54, 1.807) is 0 Å². The van der Waals surface area contributed by atoms with Crippen LogP contribution in [0, 0.1) is 6.92 Å². The summed E-state index contributed by atoms with van der Waals surface area (Å²) in [6.07, 6.45) is 0. The summed E-state index contributed by atoms with van der Waals surface area (Å²) < 4.78 is 9.69. The molecular formula is C51H43BN2OS.